The Bertz CT molecular complexity index is 1000. The third-order valence-electron chi connectivity index (χ3n) is 4.28. The summed E-state index contributed by atoms with van der Waals surface area (Å²) in [6.45, 7) is 2.02. The molecule has 6 heteroatoms. The standard InChI is InChI=1S/C24H23NO5/c1-3-29-24(27)18-11-7-14-21(15-18)30-22(17-9-5-4-6-10-17)23(26)25-19-12-8-13-20(16-19)28-2/h4-16,22H,3H2,1-2H3,(H,25,26)/t22-/m0/s1. The maximum Gasteiger partial charge on any atom is 0.338 e. The molecule has 0 saturated heterocycles. The van der Waals surface area contributed by atoms with Crippen LogP contribution in [-0.2, 0) is 9.53 Å². The van der Waals surface area contributed by atoms with Gasteiger partial charge in [0.2, 0.25) is 6.10 Å². The molecule has 0 saturated carbocycles. The zero-order valence-electron chi connectivity index (χ0n) is 16.8. The van der Waals surface area contributed by atoms with E-state index in [1.807, 2.05) is 30.3 Å². The number of hydrogen-bond acceptors (Lipinski definition) is 5. The zero-order chi connectivity index (χ0) is 21.3. The average Bonchev–Trinajstić information content (AvgIpc) is 2.78. The lowest BCUT2D eigenvalue weighted by molar-refractivity contribution is -0.123. The summed E-state index contributed by atoms with van der Waals surface area (Å²) in [6.07, 6.45) is -0.921. The molecule has 0 unspecified atom stereocenters. The average molecular weight is 405 g/mol. The van der Waals surface area contributed by atoms with Gasteiger partial charge in [-0.1, -0.05) is 42.5 Å². The number of benzene rings is 3. The van der Waals surface area contributed by atoms with E-state index in [1.165, 1.54) is 0 Å². The van der Waals surface area contributed by atoms with Crippen LogP contribution < -0.4 is 14.8 Å². The molecule has 0 aliphatic rings. The minimum absolute atomic E-state index is 0.277. The molecule has 0 spiro atoms. The van der Waals surface area contributed by atoms with Crippen molar-refractivity contribution in [3.05, 3.63) is 90.0 Å². The lowest BCUT2D eigenvalue weighted by Gasteiger charge is -2.20. The van der Waals surface area contributed by atoms with Crippen molar-refractivity contribution in [1.82, 2.24) is 0 Å². The monoisotopic (exact) mass is 405 g/mol. The van der Waals surface area contributed by atoms with Gasteiger partial charge in [-0.2, -0.15) is 0 Å². The summed E-state index contributed by atoms with van der Waals surface area (Å²) >= 11 is 0. The van der Waals surface area contributed by atoms with Crippen LogP contribution in [0, 0.1) is 0 Å². The third-order valence-corrected chi connectivity index (χ3v) is 4.28. The number of hydrogen-bond donors (Lipinski definition) is 1. The first-order valence-corrected chi connectivity index (χ1v) is 9.54. The van der Waals surface area contributed by atoms with E-state index in [4.69, 9.17) is 14.2 Å². The second-order valence-electron chi connectivity index (χ2n) is 6.38. The predicted octanol–water partition coefficient (Wildman–Crippen LogP) is 4.63. The Morgan fingerprint density at radius 3 is 2.37 bits per heavy atom. The molecule has 0 aliphatic heterocycles. The van der Waals surface area contributed by atoms with Crippen LogP contribution in [0.25, 0.3) is 0 Å². The van der Waals surface area contributed by atoms with Crippen LogP contribution in [0.4, 0.5) is 5.69 Å². The van der Waals surface area contributed by atoms with Crippen molar-refractivity contribution in [2.75, 3.05) is 19.0 Å². The van der Waals surface area contributed by atoms with Gasteiger partial charge in [0, 0.05) is 17.3 Å². The van der Waals surface area contributed by atoms with E-state index in [0.717, 1.165) is 0 Å². The Labute approximate surface area is 175 Å². The van der Waals surface area contributed by atoms with Crippen molar-refractivity contribution in [2.24, 2.45) is 0 Å². The third kappa shape index (κ3) is 5.38. The smallest absolute Gasteiger partial charge is 0.338 e. The lowest BCUT2D eigenvalue weighted by Crippen LogP contribution is -2.25. The van der Waals surface area contributed by atoms with Crippen molar-refractivity contribution < 1.29 is 23.8 Å². The first kappa shape index (κ1) is 20.9. The van der Waals surface area contributed by atoms with E-state index in [-0.39, 0.29) is 12.5 Å². The molecule has 30 heavy (non-hydrogen) atoms. The molecule has 1 amide bonds. The Morgan fingerprint density at radius 1 is 0.900 bits per heavy atom. The van der Waals surface area contributed by atoms with Crippen LogP contribution in [-0.4, -0.2) is 25.6 Å². The fourth-order valence-corrected chi connectivity index (χ4v) is 2.86. The molecule has 0 heterocycles. The van der Waals surface area contributed by atoms with Gasteiger partial charge in [0.15, 0.2) is 0 Å². The van der Waals surface area contributed by atoms with E-state index in [0.29, 0.717) is 28.3 Å². The summed E-state index contributed by atoms with van der Waals surface area (Å²) in [6, 6.07) is 22.8. The normalized spacial score (nSPS) is 11.3. The van der Waals surface area contributed by atoms with Gasteiger partial charge in [0.05, 0.1) is 19.3 Å². The minimum Gasteiger partial charge on any atom is -0.497 e. The molecule has 0 bridgehead atoms. The molecule has 0 radical (unpaired) electrons. The number of anilines is 1. The van der Waals surface area contributed by atoms with Crippen molar-refractivity contribution in [3.8, 4) is 11.5 Å². The first-order chi connectivity index (χ1) is 14.6. The van der Waals surface area contributed by atoms with Crippen LogP contribution in [0.15, 0.2) is 78.9 Å². The Kier molecular flexibility index (Phi) is 7.05. The highest BCUT2D eigenvalue weighted by Crippen LogP contribution is 2.26. The van der Waals surface area contributed by atoms with Crippen molar-refractivity contribution in [3.63, 3.8) is 0 Å². The molecule has 0 aliphatic carbocycles. The number of ether oxygens (including phenoxy) is 3. The number of methoxy groups -OCH3 is 1. The summed E-state index contributed by atoms with van der Waals surface area (Å²) in [5.74, 6) is 0.221. The fourth-order valence-electron chi connectivity index (χ4n) is 2.86. The molecule has 3 rings (SSSR count). The minimum atomic E-state index is -0.921. The molecule has 1 N–H and O–H groups in total. The maximum absolute atomic E-state index is 13.1. The second kappa shape index (κ2) is 10.1. The highest BCUT2D eigenvalue weighted by Gasteiger charge is 2.23. The van der Waals surface area contributed by atoms with Crippen LogP contribution in [0.2, 0.25) is 0 Å². The van der Waals surface area contributed by atoms with Crippen molar-refractivity contribution >= 4 is 17.6 Å². The number of rotatable bonds is 8. The maximum atomic E-state index is 13.1. The summed E-state index contributed by atoms with van der Waals surface area (Å²) in [7, 11) is 1.56. The first-order valence-electron chi connectivity index (χ1n) is 9.54. The van der Waals surface area contributed by atoms with E-state index in [1.54, 1.807) is 62.6 Å². The number of esters is 1. The van der Waals surface area contributed by atoms with Gasteiger partial charge in [-0.25, -0.2) is 4.79 Å². The molecule has 3 aromatic carbocycles. The van der Waals surface area contributed by atoms with E-state index in [9.17, 15) is 9.59 Å². The summed E-state index contributed by atoms with van der Waals surface area (Å²) in [5, 5.41) is 2.86. The predicted molar refractivity (Wildman–Crippen MR) is 114 cm³/mol. The largest absolute Gasteiger partial charge is 0.497 e. The Hall–Kier alpha value is -3.80. The molecule has 0 aromatic heterocycles. The Morgan fingerprint density at radius 2 is 1.63 bits per heavy atom. The highest BCUT2D eigenvalue weighted by atomic mass is 16.5. The summed E-state index contributed by atoms with van der Waals surface area (Å²) < 4.78 is 16.3. The molecule has 1 atom stereocenters. The SMILES string of the molecule is CCOC(=O)c1cccc(O[C@H](C(=O)Nc2cccc(OC)c2)c2ccccc2)c1. The molecular weight excluding hydrogens is 382 g/mol. The summed E-state index contributed by atoms with van der Waals surface area (Å²) in [5.41, 5.74) is 1.62. The van der Waals surface area contributed by atoms with E-state index < -0.39 is 12.1 Å². The van der Waals surface area contributed by atoms with E-state index in [2.05, 4.69) is 5.32 Å². The van der Waals surface area contributed by atoms with Gasteiger partial charge in [-0.15, -0.1) is 0 Å². The number of carbonyl (C=O) groups is 2. The fraction of sp³-hybridized carbons (Fsp3) is 0.167. The number of carbonyl (C=O) groups excluding carboxylic acids is 2. The van der Waals surface area contributed by atoms with Crippen molar-refractivity contribution in [1.29, 1.82) is 0 Å². The van der Waals surface area contributed by atoms with E-state index >= 15 is 0 Å². The van der Waals surface area contributed by atoms with Crippen molar-refractivity contribution in [2.45, 2.75) is 13.0 Å². The highest BCUT2D eigenvalue weighted by molar-refractivity contribution is 5.95. The van der Waals surface area contributed by atoms with Gasteiger partial charge in [0.25, 0.3) is 5.91 Å². The molecule has 6 nitrogen and oxygen atoms in total. The van der Waals surface area contributed by atoms with Crippen LogP contribution in [0.3, 0.4) is 0 Å². The lowest BCUT2D eigenvalue weighted by atomic mass is 10.1. The van der Waals surface area contributed by atoms with Crippen LogP contribution in [0.5, 0.6) is 11.5 Å². The van der Waals surface area contributed by atoms with Gasteiger partial charge < -0.3 is 19.5 Å². The second-order valence-corrected chi connectivity index (χ2v) is 6.38. The summed E-state index contributed by atoms with van der Waals surface area (Å²) in [4.78, 5) is 25.1. The van der Waals surface area contributed by atoms with Gasteiger partial charge in [0.1, 0.15) is 11.5 Å². The van der Waals surface area contributed by atoms with Gasteiger partial charge in [-0.3, -0.25) is 4.79 Å². The number of amides is 1. The van der Waals surface area contributed by atoms with Crippen LogP contribution >= 0.6 is 0 Å². The van der Waals surface area contributed by atoms with Gasteiger partial charge >= 0.3 is 5.97 Å². The van der Waals surface area contributed by atoms with Crippen LogP contribution in [0.1, 0.15) is 28.9 Å². The van der Waals surface area contributed by atoms with Gasteiger partial charge in [-0.05, 0) is 37.3 Å². The molecule has 0 fully saturated rings. The molecule has 3 aromatic rings. The topological polar surface area (TPSA) is 73.9 Å². The number of nitrogens with one attached hydrogen (secondary N) is 1. The molecular formula is C24H23NO5. The quantitative estimate of drug-likeness (QED) is 0.553. The zero-order valence-corrected chi connectivity index (χ0v) is 16.8. The Balaban J connectivity index is 1.85. The molecule has 154 valence electrons.